The number of nitrogens with one attached hydrogen (secondary N) is 2. The van der Waals surface area contributed by atoms with E-state index in [1.165, 1.54) is 5.56 Å². The van der Waals surface area contributed by atoms with Gasteiger partial charge in [-0.05, 0) is 23.6 Å². The van der Waals surface area contributed by atoms with Gasteiger partial charge in [-0.25, -0.2) is 9.97 Å². The minimum Gasteiger partial charge on any atom is -0.379 e. The zero-order valence-electron chi connectivity index (χ0n) is 15.0. The lowest BCUT2D eigenvalue weighted by molar-refractivity contribution is 0.0398. The third-order valence-corrected chi connectivity index (χ3v) is 4.35. The van der Waals surface area contributed by atoms with Gasteiger partial charge in [0.05, 0.1) is 13.2 Å². The molecule has 6 heteroatoms. The van der Waals surface area contributed by atoms with Gasteiger partial charge in [-0.1, -0.05) is 26.0 Å². The minimum absolute atomic E-state index is 0.537. The fourth-order valence-corrected chi connectivity index (χ4v) is 2.79. The molecule has 0 atom stereocenters. The Morgan fingerprint density at radius 1 is 1.08 bits per heavy atom. The Balaban J connectivity index is 1.52. The van der Waals surface area contributed by atoms with Crippen molar-refractivity contribution in [3.8, 4) is 0 Å². The Hall–Kier alpha value is -2.18. The van der Waals surface area contributed by atoms with Crippen molar-refractivity contribution in [2.75, 3.05) is 50.0 Å². The molecular weight excluding hydrogens is 314 g/mol. The fourth-order valence-electron chi connectivity index (χ4n) is 2.79. The molecule has 0 unspecified atom stereocenters. The number of anilines is 3. The van der Waals surface area contributed by atoms with Gasteiger partial charge in [-0.3, -0.25) is 4.90 Å². The minimum atomic E-state index is 0.537. The highest BCUT2D eigenvalue weighted by molar-refractivity contribution is 5.59. The van der Waals surface area contributed by atoms with E-state index in [2.05, 4.69) is 63.6 Å². The molecule has 0 bridgehead atoms. The molecule has 1 aromatic carbocycles. The second-order valence-corrected chi connectivity index (χ2v) is 6.57. The third-order valence-electron chi connectivity index (χ3n) is 4.35. The smallest absolute Gasteiger partial charge is 0.135 e. The third kappa shape index (κ3) is 5.41. The maximum atomic E-state index is 5.37. The van der Waals surface area contributed by atoms with E-state index in [-0.39, 0.29) is 0 Å². The Morgan fingerprint density at radius 2 is 1.80 bits per heavy atom. The number of aromatic nitrogens is 2. The van der Waals surface area contributed by atoms with Gasteiger partial charge >= 0.3 is 0 Å². The summed E-state index contributed by atoms with van der Waals surface area (Å²) in [5.74, 6) is 2.17. The molecule has 0 amide bonds. The molecule has 2 N–H and O–H groups in total. The summed E-state index contributed by atoms with van der Waals surface area (Å²) in [5, 5.41) is 6.70. The first-order valence-corrected chi connectivity index (χ1v) is 8.94. The molecule has 25 heavy (non-hydrogen) atoms. The van der Waals surface area contributed by atoms with Gasteiger partial charge in [0.2, 0.25) is 0 Å². The molecule has 1 saturated heterocycles. The Morgan fingerprint density at radius 3 is 2.52 bits per heavy atom. The molecule has 1 aromatic heterocycles. The van der Waals surface area contributed by atoms with Crippen molar-refractivity contribution in [1.29, 1.82) is 0 Å². The topological polar surface area (TPSA) is 62.3 Å². The van der Waals surface area contributed by atoms with E-state index < -0.39 is 0 Å². The highest BCUT2D eigenvalue weighted by Crippen LogP contribution is 2.20. The summed E-state index contributed by atoms with van der Waals surface area (Å²) in [4.78, 5) is 11.0. The van der Waals surface area contributed by atoms with E-state index in [0.29, 0.717) is 5.92 Å². The zero-order chi connectivity index (χ0) is 17.5. The predicted octanol–water partition coefficient (Wildman–Crippen LogP) is 3.09. The van der Waals surface area contributed by atoms with Crippen LogP contribution >= 0.6 is 0 Å². The summed E-state index contributed by atoms with van der Waals surface area (Å²) in [6.07, 6.45) is 1.59. The maximum absolute atomic E-state index is 5.37. The molecule has 0 aliphatic carbocycles. The second kappa shape index (κ2) is 8.78. The summed E-state index contributed by atoms with van der Waals surface area (Å²) in [5.41, 5.74) is 2.36. The normalized spacial score (nSPS) is 15.3. The standard InChI is InChI=1S/C19H27N5O/c1-15(2)16-3-5-17(6-4-16)23-19-13-18(21-14-22-19)20-7-8-24-9-11-25-12-10-24/h3-6,13-15H,7-12H2,1-2H3,(H2,20,21,22,23). The quantitative estimate of drug-likeness (QED) is 0.807. The number of hydrogen-bond donors (Lipinski definition) is 2. The number of hydrogen-bond acceptors (Lipinski definition) is 6. The van der Waals surface area contributed by atoms with Crippen LogP contribution < -0.4 is 10.6 Å². The molecule has 1 aliphatic heterocycles. The lowest BCUT2D eigenvalue weighted by Crippen LogP contribution is -2.39. The van der Waals surface area contributed by atoms with Crippen molar-refractivity contribution >= 4 is 17.3 Å². The van der Waals surface area contributed by atoms with E-state index in [1.807, 2.05) is 6.07 Å². The van der Waals surface area contributed by atoms with Gasteiger partial charge in [0.1, 0.15) is 18.0 Å². The fraction of sp³-hybridized carbons (Fsp3) is 0.474. The summed E-state index contributed by atoms with van der Waals surface area (Å²) in [7, 11) is 0. The molecule has 2 heterocycles. The van der Waals surface area contributed by atoms with Crippen molar-refractivity contribution in [3.63, 3.8) is 0 Å². The van der Waals surface area contributed by atoms with Gasteiger partial charge in [-0.2, -0.15) is 0 Å². The lowest BCUT2D eigenvalue weighted by Gasteiger charge is -2.26. The first kappa shape index (κ1) is 17.6. The largest absolute Gasteiger partial charge is 0.379 e. The van der Waals surface area contributed by atoms with Crippen LogP contribution in [0.5, 0.6) is 0 Å². The van der Waals surface area contributed by atoms with Crippen molar-refractivity contribution in [1.82, 2.24) is 14.9 Å². The Bertz CT molecular complexity index is 653. The van der Waals surface area contributed by atoms with E-state index in [0.717, 1.165) is 56.7 Å². The molecule has 0 saturated carbocycles. The average Bonchev–Trinajstić information content (AvgIpc) is 2.63. The molecule has 3 rings (SSSR count). The van der Waals surface area contributed by atoms with Crippen LogP contribution in [0.3, 0.4) is 0 Å². The van der Waals surface area contributed by atoms with Crippen molar-refractivity contribution in [2.24, 2.45) is 0 Å². The van der Waals surface area contributed by atoms with E-state index in [4.69, 9.17) is 4.74 Å². The summed E-state index contributed by atoms with van der Waals surface area (Å²) in [6.45, 7) is 9.92. The van der Waals surface area contributed by atoms with Crippen LogP contribution in [0.4, 0.5) is 17.3 Å². The summed E-state index contributed by atoms with van der Waals surface area (Å²) >= 11 is 0. The van der Waals surface area contributed by atoms with Gasteiger partial charge in [0.15, 0.2) is 0 Å². The highest BCUT2D eigenvalue weighted by Gasteiger charge is 2.09. The molecule has 1 fully saturated rings. The number of morpholine rings is 1. The monoisotopic (exact) mass is 341 g/mol. The van der Waals surface area contributed by atoms with Crippen molar-refractivity contribution in [3.05, 3.63) is 42.2 Å². The van der Waals surface area contributed by atoms with E-state index in [9.17, 15) is 0 Å². The zero-order valence-corrected chi connectivity index (χ0v) is 15.0. The lowest BCUT2D eigenvalue weighted by atomic mass is 10.0. The van der Waals surface area contributed by atoms with Gasteiger partial charge in [0.25, 0.3) is 0 Å². The van der Waals surface area contributed by atoms with E-state index in [1.54, 1.807) is 6.33 Å². The molecular formula is C19H27N5O. The molecule has 134 valence electrons. The predicted molar refractivity (Wildman–Crippen MR) is 102 cm³/mol. The van der Waals surface area contributed by atoms with Crippen molar-refractivity contribution in [2.45, 2.75) is 19.8 Å². The molecule has 0 spiro atoms. The van der Waals surface area contributed by atoms with Crippen LogP contribution in [-0.4, -0.2) is 54.3 Å². The number of ether oxygens (including phenoxy) is 1. The van der Waals surface area contributed by atoms with Crippen LogP contribution in [0, 0.1) is 0 Å². The van der Waals surface area contributed by atoms with Gasteiger partial charge in [0, 0.05) is 37.9 Å². The van der Waals surface area contributed by atoms with Crippen LogP contribution in [0.25, 0.3) is 0 Å². The molecule has 1 aliphatic rings. The highest BCUT2D eigenvalue weighted by atomic mass is 16.5. The van der Waals surface area contributed by atoms with Crippen LogP contribution in [-0.2, 0) is 4.74 Å². The second-order valence-electron chi connectivity index (χ2n) is 6.57. The Labute approximate surface area is 149 Å². The SMILES string of the molecule is CC(C)c1ccc(Nc2cc(NCCN3CCOCC3)ncn2)cc1. The van der Waals surface area contributed by atoms with Gasteiger partial charge in [-0.15, -0.1) is 0 Å². The average molecular weight is 341 g/mol. The maximum Gasteiger partial charge on any atom is 0.135 e. The van der Waals surface area contributed by atoms with Gasteiger partial charge < -0.3 is 15.4 Å². The van der Waals surface area contributed by atoms with E-state index >= 15 is 0 Å². The Kier molecular flexibility index (Phi) is 6.19. The number of nitrogens with zero attached hydrogens (tertiary/aromatic N) is 3. The first-order valence-electron chi connectivity index (χ1n) is 8.94. The molecule has 0 radical (unpaired) electrons. The van der Waals surface area contributed by atoms with Crippen LogP contribution in [0.15, 0.2) is 36.7 Å². The van der Waals surface area contributed by atoms with Crippen LogP contribution in [0.2, 0.25) is 0 Å². The summed E-state index contributed by atoms with van der Waals surface area (Å²) in [6, 6.07) is 10.4. The number of rotatable bonds is 7. The molecule has 6 nitrogen and oxygen atoms in total. The van der Waals surface area contributed by atoms with Crippen LogP contribution in [0.1, 0.15) is 25.3 Å². The summed E-state index contributed by atoms with van der Waals surface area (Å²) < 4.78 is 5.37. The molecule has 2 aromatic rings. The number of benzene rings is 1. The first-order chi connectivity index (χ1) is 12.2. The van der Waals surface area contributed by atoms with Crippen molar-refractivity contribution < 1.29 is 4.74 Å².